The normalized spacial score (nSPS) is 20.7. The number of carbonyl (C=O) groups excluding carboxylic acids is 1. The van der Waals surface area contributed by atoms with E-state index in [0.717, 1.165) is 67.9 Å². The monoisotopic (exact) mass is 398 g/mol. The molecule has 1 atom stereocenters. The van der Waals surface area contributed by atoms with Crippen LogP contribution in [0.3, 0.4) is 0 Å². The molecule has 1 fully saturated rings. The second-order valence-electron chi connectivity index (χ2n) is 8.27. The Labute approximate surface area is 171 Å². The third-order valence-electron chi connectivity index (χ3n) is 6.32. The SMILES string of the molecule is COc1ccc(-n2[nH]c3c(c2=O)CCC(C(=O)NC2CCN(C)CC2)CC3)cc1. The number of hydrogen-bond acceptors (Lipinski definition) is 4. The van der Waals surface area contributed by atoms with Crippen LogP contribution in [0.2, 0.25) is 0 Å². The fraction of sp³-hybridized carbons (Fsp3) is 0.545. The summed E-state index contributed by atoms with van der Waals surface area (Å²) in [4.78, 5) is 28.0. The first-order valence-corrected chi connectivity index (χ1v) is 10.5. The fourth-order valence-electron chi connectivity index (χ4n) is 4.41. The lowest BCUT2D eigenvalue weighted by molar-refractivity contribution is -0.126. The van der Waals surface area contributed by atoms with Crippen molar-refractivity contribution in [2.75, 3.05) is 27.2 Å². The molecule has 1 aliphatic heterocycles. The zero-order valence-electron chi connectivity index (χ0n) is 17.2. The summed E-state index contributed by atoms with van der Waals surface area (Å²) in [7, 11) is 3.74. The predicted octanol–water partition coefficient (Wildman–Crippen LogP) is 1.88. The number of aryl methyl sites for hydroxylation is 1. The molecule has 156 valence electrons. The van der Waals surface area contributed by atoms with Crippen LogP contribution in [0, 0.1) is 5.92 Å². The second kappa shape index (κ2) is 8.45. The number of aromatic nitrogens is 2. The number of methoxy groups -OCH3 is 1. The van der Waals surface area contributed by atoms with Crippen molar-refractivity contribution in [2.24, 2.45) is 5.92 Å². The van der Waals surface area contributed by atoms with Gasteiger partial charge in [0.2, 0.25) is 5.91 Å². The number of rotatable bonds is 4. The van der Waals surface area contributed by atoms with Crippen LogP contribution in [0.1, 0.15) is 36.9 Å². The second-order valence-corrected chi connectivity index (χ2v) is 8.27. The first-order valence-electron chi connectivity index (χ1n) is 10.5. The number of hydrogen-bond donors (Lipinski definition) is 2. The number of likely N-dealkylation sites (tertiary alicyclic amines) is 1. The molecule has 0 radical (unpaired) electrons. The van der Waals surface area contributed by atoms with E-state index >= 15 is 0 Å². The molecule has 29 heavy (non-hydrogen) atoms. The molecule has 1 saturated heterocycles. The van der Waals surface area contributed by atoms with Crippen LogP contribution in [0.25, 0.3) is 5.69 Å². The molecule has 2 N–H and O–H groups in total. The fourth-order valence-corrected chi connectivity index (χ4v) is 4.41. The molecule has 7 heteroatoms. The Kier molecular flexibility index (Phi) is 5.76. The van der Waals surface area contributed by atoms with Crippen LogP contribution in [-0.2, 0) is 17.6 Å². The van der Waals surface area contributed by atoms with Crippen molar-refractivity contribution >= 4 is 5.91 Å². The highest BCUT2D eigenvalue weighted by molar-refractivity contribution is 5.79. The predicted molar refractivity (Wildman–Crippen MR) is 112 cm³/mol. The first kappa shape index (κ1) is 19.8. The van der Waals surface area contributed by atoms with Crippen molar-refractivity contribution in [2.45, 2.75) is 44.6 Å². The molecule has 1 aliphatic carbocycles. The number of nitrogens with one attached hydrogen (secondary N) is 2. The van der Waals surface area contributed by atoms with Crippen molar-refractivity contribution < 1.29 is 9.53 Å². The zero-order valence-corrected chi connectivity index (χ0v) is 17.2. The third-order valence-corrected chi connectivity index (χ3v) is 6.32. The Hall–Kier alpha value is -2.54. The molecule has 1 unspecified atom stereocenters. The standard InChI is InChI=1S/C22H30N4O3/c1-25-13-11-16(12-14-25)23-21(27)15-3-9-19-20(10-4-15)24-26(22(19)28)17-5-7-18(29-2)8-6-17/h5-8,15-16,24H,3-4,9-14H2,1-2H3,(H,23,27). The van der Waals surface area contributed by atoms with Crippen LogP contribution in [0.15, 0.2) is 29.1 Å². The summed E-state index contributed by atoms with van der Waals surface area (Å²) in [5.41, 5.74) is 2.55. The molecule has 2 aliphatic rings. The van der Waals surface area contributed by atoms with E-state index < -0.39 is 0 Å². The number of benzene rings is 1. The lowest BCUT2D eigenvalue weighted by Crippen LogP contribution is -2.45. The van der Waals surface area contributed by atoms with Gasteiger partial charge in [0.25, 0.3) is 5.56 Å². The summed E-state index contributed by atoms with van der Waals surface area (Å²) in [5, 5.41) is 6.52. The van der Waals surface area contributed by atoms with Crippen LogP contribution in [0.4, 0.5) is 0 Å². The molecule has 7 nitrogen and oxygen atoms in total. The summed E-state index contributed by atoms with van der Waals surface area (Å²) < 4.78 is 6.79. The number of fused-ring (bicyclic) bond motifs is 1. The van der Waals surface area contributed by atoms with Crippen molar-refractivity contribution in [3.63, 3.8) is 0 Å². The van der Waals surface area contributed by atoms with E-state index in [9.17, 15) is 9.59 Å². The summed E-state index contributed by atoms with van der Waals surface area (Å²) in [6.07, 6.45) is 4.88. The maximum atomic E-state index is 12.9. The number of piperidine rings is 1. The van der Waals surface area contributed by atoms with Gasteiger partial charge in [0.1, 0.15) is 5.75 Å². The molecule has 4 rings (SSSR count). The van der Waals surface area contributed by atoms with Gasteiger partial charge in [-0.1, -0.05) is 0 Å². The highest BCUT2D eigenvalue weighted by Crippen LogP contribution is 2.24. The lowest BCUT2D eigenvalue weighted by atomic mass is 9.97. The van der Waals surface area contributed by atoms with Gasteiger partial charge in [-0.3, -0.25) is 14.7 Å². The Morgan fingerprint density at radius 2 is 1.79 bits per heavy atom. The smallest absolute Gasteiger partial charge is 0.274 e. The largest absolute Gasteiger partial charge is 0.497 e. The van der Waals surface area contributed by atoms with Crippen LogP contribution in [-0.4, -0.2) is 53.9 Å². The average molecular weight is 399 g/mol. The minimum Gasteiger partial charge on any atom is -0.497 e. The van der Waals surface area contributed by atoms with Crippen molar-refractivity contribution in [3.05, 3.63) is 45.9 Å². The van der Waals surface area contributed by atoms with Crippen molar-refractivity contribution in [1.82, 2.24) is 20.0 Å². The van der Waals surface area contributed by atoms with E-state index in [-0.39, 0.29) is 23.4 Å². The highest BCUT2D eigenvalue weighted by atomic mass is 16.5. The van der Waals surface area contributed by atoms with Gasteiger partial charge < -0.3 is 15.0 Å². The van der Waals surface area contributed by atoms with Gasteiger partial charge in [-0.05, 0) is 82.9 Å². The molecule has 1 aromatic heterocycles. The van der Waals surface area contributed by atoms with Gasteiger partial charge in [-0.15, -0.1) is 0 Å². The Morgan fingerprint density at radius 3 is 2.48 bits per heavy atom. The maximum absolute atomic E-state index is 12.9. The third kappa shape index (κ3) is 4.24. The molecule has 2 aromatic rings. The van der Waals surface area contributed by atoms with Gasteiger partial charge in [-0.25, -0.2) is 4.68 Å². The number of ether oxygens (including phenoxy) is 1. The zero-order chi connectivity index (χ0) is 20.4. The lowest BCUT2D eigenvalue weighted by Gasteiger charge is -2.30. The molecule has 1 aromatic carbocycles. The summed E-state index contributed by atoms with van der Waals surface area (Å²) in [6.45, 7) is 2.07. The van der Waals surface area contributed by atoms with E-state index in [0.29, 0.717) is 6.42 Å². The number of H-pyrrole nitrogens is 1. The molecular formula is C22H30N4O3. The van der Waals surface area contributed by atoms with Crippen molar-refractivity contribution in [3.8, 4) is 11.4 Å². The summed E-state index contributed by atoms with van der Waals surface area (Å²) >= 11 is 0. The van der Waals surface area contributed by atoms with E-state index in [2.05, 4.69) is 22.4 Å². The van der Waals surface area contributed by atoms with Gasteiger partial charge in [0.15, 0.2) is 0 Å². The van der Waals surface area contributed by atoms with Crippen LogP contribution < -0.4 is 15.6 Å². The number of nitrogens with zero attached hydrogens (tertiary/aromatic N) is 2. The molecular weight excluding hydrogens is 368 g/mol. The van der Waals surface area contributed by atoms with E-state index in [4.69, 9.17) is 4.74 Å². The molecule has 0 spiro atoms. The quantitative estimate of drug-likeness (QED) is 0.771. The average Bonchev–Trinajstić information content (AvgIpc) is 2.91. The Balaban J connectivity index is 1.42. The molecule has 2 heterocycles. The first-order chi connectivity index (χ1) is 14.0. The maximum Gasteiger partial charge on any atom is 0.274 e. The summed E-state index contributed by atoms with van der Waals surface area (Å²) in [5.74, 6) is 0.887. The van der Waals surface area contributed by atoms with Crippen LogP contribution >= 0.6 is 0 Å². The number of amides is 1. The summed E-state index contributed by atoms with van der Waals surface area (Å²) in [6, 6.07) is 7.71. The van der Waals surface area contributed by atoms with Gasteiger partial charge in [0, 0.05) is 23.2 Å². The number of aromatic amines is 1. The van der Waals surface area contributed by atoms with E-state index in [1.165, 1.54) is 0 Å². The Morgan fingerprint density at radius 1 is 1.10 bits per heavy atom. The molecule has 0 saturated carbocycles. The van der Waals surface area contributed by atoms with E-state index in [1.807, 2.05) is 24.3 Å². The topological polar surface area (TPSA) is 79.4 Å². The minimum absolute atomic E-state index is 0.0125. The van der Waals surface area contributed by atoms with Crippen LogP contribution in [0.5, 0.6) is 5.75 Å². The number of carbonyl (C=O) groups is 1. The van der Waals surface area contributed by atoms with Crippen molar-refractivity contribution in [1.29, 1.82) is 0 Å². The Bertz CT molecular complexity index is 907. The molecule has 1 amide bonds. The van der Waals surface area contributed by atoms with Gasteiger partial charge >= 0.3 is 0 Å². The van der Waals surface area contributed by atoms with Gasteiger partial charge in [-0.2, -0.15) is 0 Å². The van der Waals surface area contributed by atoms with Gasteiger partial charge in [0.05, 0.1) is 12.8 Å². The van der Waals surface area contributed by atoms with E-state index in [1.54, 1.807) is 11.8 Å². The molecule has 0 bridgehead atoms. The highest BCUT2D eigenvalue weighted by Gasteiger charge is 2.28. The minimum atomic E-state index is -0.0238.